The van der Waals surface area contributed by atoms with E-state index >= 15 is 0 Å². The van der Waals surface area contributed by atoms with Gasteiger partial charge in [-0.25, -0.2) is 0 Å². The molecule has 0 radical (unpaired) electrons. The fraction of sp³-hybridized carbons (Fsp3) is 0.409. The molecule has 148 valence electrons. The van der Waals surface area contributed by atoms with Gasteiger partial charge in [-0.05, 0) is 48.2 Å². The number of carbonyl (C=O) groups excluding carboxylic acids is 1. The Hall–Kier alpha value is -1.89. The first-order chi connectivity index (χ1) is 13.4. The number of benzene rings is 2. The molecule has 1 saturated heterocycles. The molecular weight excluding hydrogens is 422 g/mol. The van der Waals surface area contributed by atoms with Crippen molar-refractivity contribution in [3.05, 3.63) is 57.6 Å². The summed E-state index contributed by atoms with van der Waals surface area (Å²) in [7, 11) is 0. The van der Waals surface area contributed by atoms with Gasteiger partial charge in [0.2, 0.25) is 0 Å². The molecule has 5 nitrogen and oxygen atoms in total. The molecule has 0 saturated carbocycles. The van der Waals surface area contributed by atoms with Crippen LogP contribution in [0, 0.1) is 6.92 Å². The molecule has 0 aliphatic carbocycles. The number of carbonyl (C=O) groups is 1. The molecule has 2 aliphatic heterocycles. The Morgan fingerprint density at radius 3 is 2.64 bits per heavy atom. The largest absolute Gasteiger partial charge is 0.491 e. The molecule has 0 unspecified atom stereocenters. The van der Waals surface area contributed by atoms with E-state index in [1.54, 1.807) is 4.90 Å². The first-order valence-electron chi connectivity index (χ1n) is 9.55. The average Bonchev–Trinajstić information content (AvgIpc) is 3.23. The van der Waals surface area contributed by atoms with Gasteiger partial charge < -0.3 is 19.1 Å². The molecule has 6 heteroatoms. The number of hydrogen-bond acceptors (Lipinski definition) is 4. The number of halogens is 1. The molecule has 4 rings (SSSR count). The van der Waals surface area contributed by atoms with Crippen molar-refractivity contribution in [2.24, 2.45) is 0 Å². The van der Waals surface area contributed by atoms with Crippen LogP contribution >= 0.6 is 15.9 Å². The third-order valence-corrected chi connectivity index (χ3v) is 5.68. The van der Waals surface area contributed by atoms with Crippen LogP contribution in [0.3, 0.4) is 0 Å². The second-order valence-electron chi connectivity index (χ2n) is 7.48. The highest BCUT2D eigenvalue weighted by atomic mass is 79.9. The fourth-order valence-electron chi connectivity index (χ4n) is 3.81. The Balaban J connectivity index is 1.55. The van der Waals surface area contributed by atoms with Gasteiger partial charge in [0.05, 0.1) is 25.4 Å². The van der Waals surface area contributed by atoms with E-state index < -0.39 is 5.79 Å². The van der Waals surface area contributed by atoms with Gasteiger partial charge in [0.25, 0.3) is 11.7 Å². The minimum absolute atomic E-state index is 0.185. The number of amides is 1. The van der Waals surface area contributed by atoms with Crippen LogP contribution in [0.25, 0.3) is 0 Å². The SMILES string of the molecule is Cc1ccc(C(C)C)c(OCCN2C(=O)C3(OCCO3)c3cc(Br)ccc32)c1. The van der Waals surface area contributed by atoms with Crippen molar-refractivity contribution in [1.29, 1.82) is 0 Å². The lowest BCUT2D eigenvalue weighted by molar-refractivity contribution is -0.180. The van der Waals surface area contributed by atoms with E-state index in [-0.39, 0.29) is 5.91 Å². The van der Waals surface area contributed by atoms with Gasteiger partial charge in [-0.15, -0.1) is 0 Å². The molecule has 2 aromatic rings. The van der Waals surface area contributed by atoms with Gasteiger partial charge >= 0.3 is 0 Å². The molecule has 2 aliphatic rings. The molecule has 28 heavy (non-hydrogen) atoms. The summed E-state index contributed by atoms with van der Waals surface area (Å²) in [5.41, 5.74) is 3.88. The van der Waals surface area contributed by atoms with Crippen LogP contribution in [0.4, 0.5) is 5.69 Å². The normalized spacial score (nSPS) is 17.6. The van der Waals surface area contributed by atoms with Crippen molar-refractivity contribution in [1.82, 2.24) is 0 Å². The lowest BCUT2D eigenvalue weighted by Crippen LogP contribution is -2.42. The lowest BCUT2D eigenvalue weighted by atomic mass is 10.0. The number of aryl methyl sites for hydroxylation is 1. The zero-order valence-electron chi connectivity index (χ0n) is 16.3. The van der Waals surface area contributed by atoms with Crippen LogP contribution in [-0.2, 0) is 20.1 Å². The molecule has 0 aromatic heterocycles. The summed E-state index contributed by atoms with van der Waals surface area (Å²) in [6.07, 6.45) is 0. The summed E-state index contributed by atoms with van der Waals surface area (Å²) < 4.78 is 18.5. The third kappa shape index (κ3) is 3.23. The quantitative estimate of drug-likeness (QED) is 0.679. The lowest BCUT2D eigenvalue weighted by Gasteiger charge is -2.22. The second-order valence-corrected chi connectivity index (χ2v) is 8.39. The van der Waals surface area contributed by atoms with Crippen molar-refractivity contribution >= 4 is 27.5 Å². The minimum Gasteiger partial charge on any atom is -0.491 e. The summed E-state index contributed by atoms with van der Waals surface area (Å²) >= 11 is 3.48. The standard InChI is InChI=1S/C22H24BrNO4/c1-14(2)17-6-4-15(3)12-20(17)26-9-8-24-19-7-5-16(23)13-18(19)22(21(24)25)27-10-11-28-22/h4-7,12-14H,8-11H2,1-3H3. The predicted octanol–water partition coefficient (Wildman–Crippen LogP) is 4.51. The molecule has 0 atom stereocenters. The van der Waals surface area contributed by atoms with Crippen molar-refractivity contribution in [3.8, 4) is 5.75 Å². The van der Waals surface area contributed by atoms with Gasteiger partial charge in [0.1, 0.15) is 12.4 Å². The van der Waals surface area contributed by atoms with Gasteiger partial charge in [0.15, 0.2) is 0 Å². The van der Waals surface area contributed by atoms with E-state index in [1.165, 1.54) is 5.56 Å². The number of ether oxygens (including phenoxy) is 3. The third-order valence-electron chi connectivity index (χ3n) is 5.19. The first kappa shape index (κ1) is 19.4. The number of fused-ring (bicyclic) bond motifs is 2. The van der Waals surface area contributed by atoms with Crippen LogP contribution in [0.15, 0.2) is 40.9 Å². The molecule has 1 amide bonds. The van der Waals surface area contributed by atoms with E-state index in [1.807, 2.05) is 25.1 Å². The zero-order chi connectivity index (χ0) is 19.9. The zero-order valence-corrected chi connectivity index (χ0v) is 17.9. The van der Waals surface area contributed by atoms with Gasteiger partial charge in [-0.3, -0.25) is 4.79 Å². The summed E-state index contributed by atoms with van der Waals surface area (Å²) in [5.74, 6) is -0.257. The number of hydrogen-bond donors (Lipinski definition) is 0. The van der Waals surface area contributed by atoms with Crippen LogP contribution in [-0.4, -0.2) is 32.3 Å². The van der Waals surface area contributed by atoms with Gasteiger partial charge in [-0.2, -0.15) is 0 Å². The van der Waals surface area contributed by atoms with E-state index in [2.05, 4.69) is 48.0 Å². The van der Waals surface area contributed by atoms with E-state index in [9.17, 15) is 4.79 Å². The summed E-state index contributed by atoms with van der Waals surface area (Å²) in [5, 5.41) is 0. The van der Waals surface area contributed by atoms with Crippen LogP contribution in [0.5, 0.6) is 5.75 Å². The molecule has 0 N–H and O–H groups in total. The molecular formula is C22H24BrNO4. The first-order valence-corrected chi connectivity index (χ1v) is 10.3. The molecule has 2 aromatic carbocycles. The highest BCUT2D eigenvalue weighted by molar-refractivity contribution is 9.10. The van der Waals surface area contributed by atoms with Gasteiger partial charge in [-0.1, -0.05) is 41.9 Å². The Morgan fingerprint density at radius 2 is 1.93 bits per heavy atom. The number of nitrogens with zero attached hydrogens (tertiary/aromatic N) is 1. The van der Waals surface area contributed by atoms with Crippen LogP contribution < -0.4 is 9.64 Å². The van der Waals surface area contributed by atoms with Crippen LogP contribution in [0.1, 0.15) is 36.5 Å². The molecule has 0 bridgehead atoms. The van der Waals surface area contributed by atoms with Crippen LogP contribution in [0.2, 0.25) is 0 Å². The second kappa shape index (κ2) is 7.50. The summed E-state index contributed by atoms with van der Waals surface area (Å²) in [6.45, 7) is 7.97. The van der Waals surface area contributed by atoms with Crippen molar-refractivity contribution in [2.45, 2.75) is 32.5 Å². The maximum Gasteiger partial charge on any atom is 0.292 e. The highest BCUT2D eigenvalue weighted by Crippen LogP contribution is 2.46. The number of anilines is 1. The monoisotopic (exact) mass is 445 g/mol. The van der Waals surface area contributed by atoms with E-state index in [4.69, 9.17) is 14.2 Å². The molecule has 1 spiro atoms. The predicted molar refractivity (Wildman–Crippen MR) is 111 cm³/mol. The van der Waals surface area contributed by atoms with Crippen molar-refractivity contribution in [2.75, 3.05) is 31.3 Å². The maximum atomic E-state index is 13.2. The average molecular weight is 446 g/mol. The van der Waals surface area contributed by atoms with Gasteiger partial charge in [0, 0.05) is 10.0 Å². The minimum atomic E-state index is -1.31. The summed E-state index contributed by atoms with van der Waals surface area (Å²) in [4.78, 5) is 14.9. The Morgan fingerprint density at radius 1 is 1.18 bits per heavy atom. The maximum absolute atomic E-state index is 13.2. The van der Waals surface area contributed by atoms with E-state index in [0.29, 0.717) is 32.3 Å². The fourth-order valence-corrected chi connectivity index (χ4v) is 4.17. The topological polar surface area (TPSA) is 48.0 Å². The highest BCUT2D eigenvalue weighted by Gasteiger charge is 2.56. The summed E-state index contributed by atoms with van der Waals surface area (Å²) in [6, 6.07) is 12.0. The Bertz CT molecular complexity index is 905. The molecule has 1 fully saturated rings. The number of rotatable bonds is 5. The van der Waals surface area contributed by atoms with Crippen molar-refractivity contribution < 1.29 is 19.0 Å². The molecule has 2 heterocycles. The Kier molecular flexibility index (Phi) is 5.21. The van der Waals surface area contributed by atoms with Crippen molar-refractivity contribution in [3.63, 3.8) is 0 Å². The Labute approximate surface area is 173 Å². The van der Waals surface area contributed by atoms with E-state index in [0.717, 1.165) is 27.0 Å². The smallest absolute Gasteiger partial charge is 0.292 e.